The lowest BCUT2D eigenvalue weighted by atomic mass is 9.86. The number of halogens is 1. The molecule has 2 N–H and O–H groups in total. The second-order valence-corrected chi connectivity index (χ2v) is 5.20. The Kier molecular flexibility index (Phi) is 4.01. The molecule has 2 atom stereocenters. The molecule has 0 aliphatic heterocycles. The zero-order chi connectivity index (χ0) is 14.0. The van der Waals surface area contributed by atoms with Crippen molar-refractivity contribution in [2.24, 2.45) is 5.73 Å². The molecule has 0 heterocycles. The molecule has 0 bridgehead atoms. The summed E-state index contributed by atoms with van der Waals surface area (Å²) in [7, 11) is 0. The SMILES string of the molecule is Cc1cc(C)c(C(N)C(C)c2ccccc2)c(F)c1. The molecule has 2 rings (SSSR count). The van der Waals surface area contributed by atoms with Gasteiger partial charge in [-0.2, -0.15) is 0 Å². The molecule has 19 heavy (non-hydrogen) atoms. The molecule has 0 radical (unpaired) electrons. The van der Waals surface area contributed by atoms with Gasteiger partial charge in [0.25, 0.3) is 0 Å². The molecule has 0 saturated carbocycles. The third-order valence-electron chi connectivity index (χ3n) is 3.68. The van der Waals surface area contributed by atoms with Crippen molar-refractivity contribution in [3.63, 3.8) is 0 Å². The fraction of sp³-hybridized carbons (Fsp3) is 0.294. The van der Waals surface area contributed by atoms with Crippen LogP contribution in [0.1, 0.15) is 41.1 Å². The van der Waals surface area contributed by atoms with Gasteiger partial charge < -0.3 is 5.73 Å². The Morgan fingerprint density at radius 2 is 1.68 bits per heavy atom. The summed E-state index contributed by atoms with van der Waals surface area (Å²) in [6.45, 7) is 5.85. The van der Waals surface area contributed by atoms with Crippen LogP contribution in [0.25, 0.3) is 0 Å². The molecular weight excluding hydrogens is 237 g/mol. The minimum absolute atomic E-state index is 0.0807. The average Bonchev–Trinajstić information content (AvgIpc) is 2.37. The van der Waals surface area contributed by atoms with Crippen molar-refractivity contribution in [2.45, 2.75) is 32.7 Å². The molecule has 0 aliphatic rings. The predicted molar refractivity (Wildman–Crippen MR) is 77.7 cm³/mol. The van der Waals surface area contributed by atoms with Crippen LogP contribution in [0.15, 0.2) is 42.5 Å². The quantitative estimate of drug-likeness (QED) is 0.874. The Labute approximate surface area is 114 Å². The van der Waals surface area contributed by atoms with Crippen LogP contribution in [0.2, 0.25) is 0 Å². The molecule has 0 spiro atoms. The average molecular weight is 257 g/mol. The van der Waals surface area contributed by atoms with Gasteiger partial charge in [-0.3, -0.25) is 0 Å². The van der Waals surface area contributed by atoms with Crippen LogP contribution in [0.4, 0.5) is 4.39 Å². The summed E-state index contributed by atoms with van der Waals surface area (Å²) in [6.07, 6.45) is 0. The molecule has 2 heteroatoms. The number of benzene rings is 2. The highest BCUT2D eigenvalue weighted by Gasteiger charge is 2.21. The monoisotopic (exact) mass is 257 g/mol. The number of hydrogen-bond donors (Lipinski definition) is 1. The molecule has 2 aromatic carbocycles. The van der Waals surface area contributed by atoms with Crippen molar-refractivity contribution in [1.82, 2.24) is 0 Å². The zero-order valence-electron chi connectivity index (χ0n) is 11.7. The topological polar surface area (TPSA) is 26.0 Å². The minimum Gasteiger partial charge on any atom is -0.323 e. The maximum atomic E-state index is 14.2. The first-order valence-electron chi connectivity index (χ1n) is 6.58. The molecule has 0 amide bonds. The maximum absolute atomic E-state index is 14.2. The minimum atomic E-state index is -0.331. The molecule has 0 aromatic heterocycles. The largest absolute Gasteiger partial charge is 0.323 e. The van der Waals surface area contributed by atoms with Gasteiger partial charge in [-0.05, 0) is 36.6 Å². The summed E-state index contributed by atoms with van der Waals surface area (Å²) in [5, 5.41) is 0. The lowest BCUT2D eigenvalue weighted by molar-refractivity contribution is 0.536. The van der Waals surface area contributed by atoms with Crippen molar-refractivity contribution in [3.05, 3.63) is 70.5 Å². The van der Waals surface area contributed by atoms with E-state index in [4.69, 9.17) is 5.73 Å². The smallest absolute Gasteiger partial charge is 0.128 e. The van der Waals surface area contributed by atoms with E-state index in [1.165, 1.54) is 0 Å². The first kappa shape index (κ1) is 13.8. The Morgan fingerprint density at radius 3 is 2.26 bits per heavy atom. The fourth-order valence-electron chi connectivity index (χ4n) is 2.56. The van der Waals surface area contributed by atoms with Crippen molar-refractivity contribution in [2.75, 3.05) is 0 Å². The van der Waals surface area contributed by atoms with Gasteiger partial charge >= 0.3 is 0 Å². The second-order valence-electron chi connectivity index (χ2n) is 5.20. The van der Waals surface area contributed by atoms with Gasteiger partial charge in [-0.15, -0.1) is 0 Å². The highest BCUT2D eigenvalue weighted by atomic mass is 19.1. The van der Waals surface area contributed by atoms with Gasteiger partial charge in [-0.1, -0.05) is 43.3 Å². The van der Waals surface area contributed by atoms with Crippen molar-refractivity contribution >= 4 is 0 Å². The summed E-state index contributed by atoms with van der Waals surface area (Å²) < 4.78 is 14.2. The lowest BCUT2D eigenvalue weighted by Gasteiger charge is -2.23. The summed E-state index contributed by atoms with van der Waals surface area (Å²) in [4.78, 5) is 0. The summed E-state index contributed by atoms with van der Waals surface area (Å²) >= 11 is 0. The molecule has 2 unspecified atom stereocenters. The molecule has 2 aromatic rings. The number of nitrogens with two attached hydrogens (primary N) is 1. The second kappa shape index (κ2) is 5.54. The maximum Gasteiger partial charge on any atom is 0.128 e. The standard InChI is InChI=1S/C17H20FN/c1-11-9-12(2)16(15(18)10-11)17(19)13(3)14-7-5-4-6-8-14/h4-10,13,17H,19H2,1-3H3. The van der Waals surface area contributed by atoms with Crippen LogP contribution in [-0.2, 0) is 0 Å². The lowest BCUT2D eigenvalue weighted by Crippen LogP contribution is -2.20. The van der Waals surface area contributed by atoms with E-state index in [1.807, 2.05) is 57.2 Å². The van der Waals surface area contributed by atoms with Crippen LogP contribution in [0.5, 0.6) is 0 Å². The van der Waals surface area contributed by atoms with Gasteiger partial charge in [0.1, 0.15) is 5.82 Å². The molecular formula is C17H20FN. The van der Waals surface area contributed by atoms with Crippen molar-refractivity contribution in [1.29, 1.82) is 0 Å². The number of rotatable bonds is 3. The highest BCUT2D eigenvalue weighted by molar-refractivity contribution is 5.36. The van der Waals surface area contributed by atoms with E-state index in [1.54, 1.807) is 6.07 Å². The Morgan fingerprint density at radius 1 is 1.05 bits per heavy atom. The number of hydrogen-bond acceptors (Lipinski definition) is 1. The van der Waals surface area contributed by atoms with Gasteiger partial charge in [0.2, 0.25) is 0 Å². The van der Waals surface area contributed by atoms with Crippen LogP contribution in [-0.4, -0.2) is 0 Å². The molecule has 100 valence electrons. The van der Waals surface area contributed by atoms with Gasteiger partial charge in [0.05, 0.1) is 0 Å². The first-order chi connectivity index (χ1) is 9.00. The Bertz CT molecular complexity index is 540. The number of aryl methyl sites for hydroxylation is 2. The van der Waals surface area contributed by atoms with E-state index in [0.29, 0.717) is 5.56 Å². The van der Waals surface area contributed by atoms with E-state index in [0.717, 1.165) is 16.7 Å². The summed E-state index contributed by atoms with van der Waals surface area (Å²) in [5.74, 6) is -0.120. The predicted octanol–water partition coefficient (Wildman–Crippen LogP) is 4.25. The van der Waals surface area contributed by atoms with E-state index in [-0.39, 0.29) is 17.8 Å². The molecule has 0 fully saturated rings. The normalized spacial score (nSPS) is 14.2. The third kappa shape index (κ3) is 2.85. The molecule has 0 aliphatic carbocycles. The van der Waals surface area contributed by atoms with Crippen LogP contribution in [0, 0.1) is 19.7 Å². The van der Waals surface area contributed by atoms with Crippen molar-refractivity contribution < 1.29 is 4.39 Å². The zero-order valence-corrected chi connectivity index (χ0v) is 11.7. The van der Waals surface area contributed by atoms with Crippen LogP contribution < -0.4 is 5.73 Å². The molecule has 1 nitrogen and oxygen atoms in total. The van der Waals surface area contributed by atoms with Crippen LogP contribution in [0.3, 0.4) is 0 Å². The fourth-order valence-corrected chi connectivity index (χ4v) is 2.56. The van der Waals surface area contributed by atoms with E-state index < -0.39 is 0 Å². The van der Waals surface area contributed by atoms with Gasteiger partial charge in [0.15, 0.2) is 0 Å². The van der Waals surface area contributed by atoms with E-state index >= 15 is 0 Å². The van der Waals surface area contributed by atoms with E-state index in [9.17, 15) is 4.39 Å². The highest BCUT2D eigenvalue weighted by Crippen LogP contribution is 2.32. The Hall–Kier alpha value is -1.67. The van der Waals surface area contributed by atoms with Crippen molar-refractivity contribution in [3.8, 4) is 0 Å². The van der Waals surface area contributed by atoms with E-state index in [2.05, 4.69) is 0 Å². The Balaban J connectivity index is 2.37. The third-order valence-corrected chi connectivity index (χ3v) is 3.68. The van der Waals surface area contributed by atoms with Gasteiger partial charge in [-0.25, -0.2) is 4.39 Å². The van der Waals surface area contributed by atoms with Crippen LogP contribution >= 0.6 is 0 Å². The first-order valence-corrected chi connectivity index (χ1v) is 6.58. The van der Waals surface area contributed by atoms with Gasteiger partial charge in [0, 0.05) is 17.5 Å². The summed E-state index contributed by atoms with van der Waals surface area (Å²) in [5.41, 5.74) is 9.90. The molecule has 0 saturated heterocycles. The summed E-state index contributed by atoms with van der Waals surface area (Å²) in [6, 6.07) is 13.2.